The fourth-order valence-electron chi connectivity index (χ4n) is 2.89. The number of methoxy groups -OCH3 is 1. The third-order valence-electron chi connectivity index (χ3n) is 4.11. The predicted molar refractivity (Wildman–Crippen MR) is 109 cm³/mol. The molecule has 0 spiro atoms. The topological polar surface area (TPSA) is 77.0 Å². The number of nitrogens with zero attached hydrogens (tertiary/aromatic N) is 3. The van der Waals surface area contributed by atoms with E-state index in [0.29, 0.717) is 0 Å². The number of benzene rings is 1. The van der Waals surface area contributed by atoms with Crippen LogP contribution in [0, 0.1) is 13.8 Å². The van der Waals surface area contributed by atoms with E-state index in [1.807, 2.05) is 32.0 Å². The number of ether oxygens (including phenoxy) is 1. The highest BCUT2D eigenvalue weighted by atomic mass is 32.2. The Bertz CT molecular complexity index is 974. The first-order valence-corrected chi connectivity index (χ1v) is 9.67. The first-order chi connectivity index (χ1) is 13.0. The van der Waals surface area contributed by atoms with E-state index in [-0.39, 0.29) is 12.5 Å². The van der Waals surface area contributed by atoms with E-state index in [0.717, 1.165) is 49.9 Å². The van der Waals surface area contributed by atoms with Crippen molar-refractivity contribution in [3.8, 4) is 11.3 Å². The number of anilines is 1. The number of amides is 1. The Morgan fingerprint density at radius 2 is 1.93 bits per heavy atom. The number of rotatable bonds is 6. The first kappa shape index (κ1) is 19.3. The summed E-state index contributed by atoms with van der Waals surface area (Å²) in [4.78, 5) is 25.6. The van der Waals surface area contributed by atoms with Crippen molar-refractivity contribution >= 4 is 34.3 Å². The number of hydrogen-bond donors (Lipinski definition) is 1. The monoisotopic (exact) mass is 382 g/mol. The molecule has 27 heavy (non-hydrogen) atoms. The molecule has 1 N–H and O–H groups in total. The lowest BCUT2D eigenvalue weighted by molar-refractivity contribution is -0.119. The van der Waals surface area contributed by atoms with E-state index < -0.39 is 0 Å². The number of pyridine rings is 1. The number of carbonyl (C=O) groups is 1. The summed E-state index contributed by atoms with van der Waals surface area (Å²) in [5, 5.41) is 4.60. The minimum Gasteiger partial charge on any atom is -0.375 e. The van der Waals surface area contributed by atoms with Crippen molar-refractivity contribution in [2.75, 3.05) is 24.8 Å². The largest absolute Gasteiger partial charge is 0.375 e. The number of aromatic nitrogens is 3. The summed E-state index contributed by atoms with van der Waals surface area (Å²) in [7, 11) is 1.50. The number of nitrogens with one attached hydrogen (secondary N) is 1. The summed E-state index contributed by atoms with van der Waals surface area (Å²) in [5.41, 5.74) is 5.34. The Kier molecular flexibility index (Phi) is 6.03. The molecule has 0 radical (unpaired) electrons. The Morgan fingerprint density at radius 3 is 2.59 bits per heavy atom. The zero-order valence-electron chi connectivity index (χ0n) is 15.9. The molecule has 0 unspecified atom stereocenters. The Balaban J connectivity index is 2.05. The number of aryl methyl sites for hydroxylation is 2. The molecule has 0 aliphatic rings. The Morgan fingerprint density at radius 1 is 1.19 bits per heavy atom. The van der Waals surface area contributed by atoms with Gasteiger partial charge in [0.1, 0.15) is 6.61 Å². The molecular formula is C20H22N4O2S. The highest BCUT2D eigenvalue weighted by Crippen LogP contribution is 2.31. The third-order valence-corrected chi connectivity index (χ3v) is 4.86. The van der Waals surface area contributed by atoms with Crippen LogP contribution in [0.1, 0.15) is 18.1 Å². The molecule has 0 aliphatic heterocycles. The van der Waals surface area contributed by atoms with Crippen molar-refractivity contribution in [2.24, 2.45) is 0 Å². The second-order valence-electron chi connectivity index (χ2n) is 6.15. The van der Waals surface area contributed by atoms with Gasteiger partial charge in [0.2, 0.25) is 5.91 Å². The fourth-order valence-corrected chi connectivity index (χ4v) is 3.40. The minimum atomic E-state index is -0.191. The minimum absolute atomic E-state index is 0.0133. The van der Waals surface area contributed by atoms with Crippen molar-refractivity contribution in [1.82, 2.24) is 15.0 Å². The van der Waals surface area contributed by atoms with Crippen molar-refractivity contribution in [2.45, 2.75) is 25.9 Å². The average Bonchev–Trinajstić information content (AvgIpc) is 2.65. The van der Waals surface area contributed by atoms with Crippen LogP contribution in [-0.2, 0) is 9.53 Å². The molecule has 0 bridgehead atoms. The predicted octanol–water partition coefficient (Wildman–Crippen LogP) is 4.01. The van der Waals surface area contributed by atoms with Crippen LogP contribution >= 0.6 is 11.8 Å². The van der Waals surface area contributed by atoms with Crippen LogP contribution in [0.2, 0.25) is 0 Å². The first-order valence-electron chi connectivity index (χ1n) is 8.68. The molecule has 7 heteroatoms. The summed E-state index contributed by atoms with van der Waals surface area (Å²) in [6.07, 6.45) is 3.61. The van der Waals surface area contributed by atoms with Gasteiger partial charge in [-0.2, -0.15) is 0 Å². The second-order valence-corrected chi connectivity index (χ2v) is 7.38. The van der Waals surface area contributed by atoms with Crippen molar-refractivity contribution in [1.29, 1.82) is 0 Å². The molecular weight excluding hydrogens is 360 g/mol. The summed E-state index contributed by atoms with van der Waals surface area (Å²) in [6, 6.07) is 5.86. The van der Waals surface area contributed by atoms with Gasteiger partial charge in [0.15, 0.2) is 5.16 Å². The van der Waals surface area contributed by atoms with Crippen molar-refractivity contribution in [3.63, 3.8) is 0 Å². The molecule has 1 amide bonds. The van der Waals surface area contributed by atoms with Gasteiger partial charge in [-0.15, -0.1) is 0 Å². The molecule has 0 saturated carbocycles. The van der Waals surface area contributed by atoms with Gasteiger partial charge in [0.25, 0.3) is 0 Å². The molecule has 3 rings (SSSR count). The zero-order chi connectivity index (χ0) is 19.4. The SMILES string of the molecule is CCSc1ncc(-c2cc(C)c3c(NC(=O)COC)ccc(C)c3n2)cn1. The Labute approximate surface area is 162 Å². The number of carbonyl (C=O) groups excluding carboxylic acids is 1. The molecule has 3 aromatic rings. The molecule has 0 atom stereocenters. The van der Waals surface area contributed by atoms with E-state index in [1.54, 1.807) is 24.2 Å². The fraction of sp³-hybridized carbons (Fsp3) is 0.300. The van der Waals surface area contributed by atoms with Crippen LogP contribution in [0.4, 0.5) is 5.69 Å². The third kappa shape index (κ3) is 4.26. The zero-order valence-corrected chi connectivity index (χ0v) is 16.7. The van der Waals surface area contributed by atoms with E-state index in [2.05, 4.69) is 22.2 Å². The van der Waals surface area contributed by atoms with Crippen LogP contribution in [0.5, 0.6) is 0 Å². The van der Waals surface area contributed by atoms with Gasteiger partial charge in [-0.05, 0) is 42.9 Å². The van der Waals surface area contributed by atoms with Gasteiger partial charge in [-0.1, -0.05) is 24.8 Å². The maximum Gasteiger partial charge on any atom is 0.250 e. The number of fused-ring (bicyclic) bond motifs is 1. The molecule has 0 fully saturated rings. The Hall–Kier alpha value is -2.51. The van der Waals surface area contributed by atoms with Crippen molar-refractivity contribution < 1.29 is 9.53 Å². The van der Waals surface area contributed by atoms with Gasteiger partial charge >= 0.3 is 0 Å². The summed E-state index contributed by atoms with van der Waals surface area (Å²) in [5.74, 6) is 0.743. The molecule has 0 saturated heterocycles. The van der Waals surface area contributed by atoms with Crippen LogP contribution in [-0.4, -0.2) is 40.3 Å². The number of hydrogen-bond acceptors (Lipinski definition) is 6. The van der Waals surface area contributed by atoms with Gasteiger partial charge < -0.3 is 10.1 Å². The van der Waals surface area contributed by atoms with Crippen molar-refractivity contribution in [3.05, 3.63) is 41.7 Å². The second kappa shape index (κ2) is 8.45. The molecule has 140 valence electrons. The van der Waals surface area contributed by atoms with Gasteiger partial charge in [-0.3, -0.25) is 4.79 Å². The quantitative estimate of drug-likeness (QED) is 0.513. The highest BCUT2D eigenvalue weighted by molar-refractivity contribution is 7.99. The van der Waals surface area contributed by atoms with Crippen LogP contribution < -0.4 is 5.32 Å². The summed E-state index contributed by atoms with van der Waals surface area (Å²) in [6.45, 7) is 6.11. The lowest BCUT2D eigenvalue weighted by Crippen LogP contribution is -2.17. The average molecular weight is 382 g/mol. The summed E-state index contributed by atoms with van der Waals surface area (Å²) >= 11 is 1.61. The lowest BCUT2D eigenvalue weighted by Gasteiger charge is -2.14. The molecule has 0 aliphatic carbocycles. The van der Waals surface area contributed by atoms with E-state index >= 15 is 0 Å². The van der Waals surface area contributed by atoms with Gasteiger partial charge in [0, 0.05) is 30.5 Å². The summed E-state index contributed by atoms with van der Waals surface area (Å²) < 4.78 is 4.90. The van der Waals surface area contributed by atoms with E-state index in [1.165, 1.54) is 7.11 Å². The number of thioether (sulfide) groups is 1. The van der Waals surface area contributed by atoms with Gasteiger partial charge in [-0.25, -0.2) is 15.0 Å². The van der Waals surface area contributed by atoms with Crippen LogP contribution in [0.15, 0.2) is 35.7 Å². The molecule has 2 aromatic heterocycles. The maximum absolute atomic E-state index is 12.0. The lowest BCUT2D eigenvalue weighted by atomic mass is 10.0. The van der Waals surface area contributed by atoms with E-state index in [4.69, 9.17) is 9.72 Å². The standard InChI is InChI=1S/C20H22N4O2S/c1-5-27-20-21-9-14(10-22-20)16-8-13(3)18-15(23-17(25)11-26-4)7-6-12(2)19(18)24-16/h6-10H,5,11H2,1-4H3,(H,23,25). The highest BCUT2D eigenvalue weighted by Gasteiger charge is 2.13. The molecule has 2 heterocycles. The maximum atomic E-state index is 12.0. The van der Waals surface area contributed by atoms with Crippen LogP contribution in [0.25, 0.3) is 22.2 Å². The molecule has 1 aromatic carbocycles. The van der Waals surface area contributed by atoms with E-state index in [9.17, 15) is 4.79 Å². The van der Waals surface area contributed by atoms with Crippen LogP contribution in [0.3, 0.4) is 0 Å². The molecule has 6 nitrogen and oxygen atoms in total. The smallest absolute Gasteiger partial charge is 0.250 e. The normalized spacial score (nSPS) is 11.0. The van der Waals surface area contributed by atoms with Gasteiger partial charge in [0.05, 0.1) is 16.9 Å².